The number of benzene rings is 1. The first kappa shape index (κ1) is 22.7. The van der Waals surface area contributed by atoms with Gasteiger partial charge in [0.15, 0.2) is 11.5 Å². The van der Waals surface area contributed by atoms with Crippen LogP contribution in [0.1, 0.15) is 32.3 Å². The molecule has 10 heteroatoms. The highest BCUT2D eigenvalue weighted by Crippen LogP contribution is 2.35. The van der Waals surface area contributed by atoms with Crippen LogP contribution < -0.4 is 4.90 Å². The Labute approximate surface area is 212 Å². The smallest absolute Gasteiger partial charge is 0.242 e. The molecule has 0 radical (unpaired) electrons. The molecule has 0 aliphatic carbocycles. The van der Waals surface area contributed by atoms with E-state index in [4.69, 9.17) is 4.98 Å². The lowest BCUT2D eigenvalue weighted by Gasteiger charge is -2.40. The van der Waals surface area contributed by atoms with Crippen molar-refractivity contribution in [2.75, 3.05) is 24.5 Å². The van der Waals surface area contributed by atoms with E-state index in [1.165, 1.54) is 5.56 Å². The third-order valence-corrected chi connectivity index (χ3v) is 7.75. The fourth-order valence-electron chi connectivity index (χ4n) is 4.89. The molecule has 36 heavy (non-hydrogen) atoms. The van der Waals surface area contributed by atoms with Gasteiger partial charge in [-0.1, -0.05) is 19.9 Å². The van der Waals surface area contributed by atoms with Gasteiger partial charge in [0.1, 0.15) is 22.8 Å². The van der Waals surface area contributed by atoms with Crippen LogP contribution in [0.2, 0.25) is 0 Å². The number of fused-ring (bicyclic) bond motifs is 2. The Bertz CT molecular complexity index is 1550. The highest BCUT2D eigenvalue weighted by Gasteiger charge is 2.30. The van der Waals surface area contributed by atoms with E-state index in [9.17, 15) is 4.79 Å². The number of H-pyrrole nitrogens is 1. The van der Waals surface area contributed by atoms with E-state index in [0.29, 0.717) is 12.5 Å². The molecule has 1 atom stereocenters. The Kier molecular flexibility index (Phi) is 5.67. The molecule has 4 aromatic heterocycles. The molecule has 1 fully saturated rings. The van der Waals surface area contributed by atoms with E-state index in [1.807, 2.05) is 27.1 Å². The van der Waals surface area contributed by atoms with Crippen molar-refractivity contribution >= 4 is 44.4 Å². The molecule has 6 rings (SSSR count). The van der Waals surface area contributed by atoms with Gasteiger partial charge in [0.2, 0.25) is 5.91 Å². The molecule has 0 saturated carbocycles. The predicted octanol–water partition coefficient (Wildman–Crippen LogP) is 4.29. The molecule has 5 heterocycles. The zero-order chi connectivity index (χ0) is 24.8. The summed E-state index contributed by atoms with van der Waals surface area (Å²) in [6.07, 6.45) is 3.42. The first-order chi connectivity index (χ1) is 17.5. The molecule has 1 saturated heterocycles. The first-order valence-corrected chi connectivity index (χ1v) is 13.1. The number of carbonyl (C=O) groups excluding carboxylic acids is 1. The van der Waals surface area contributed by atoms with Gasteiger partial charge in [-0.15, -0.1) is 11.3 Å². The highest BCUT2D eigenvalue weighted by molar-refractivity contribution is 7.14. The van der Waals surface area contributed by atoms with Gasteiger partial charge in [0.05, 0.1) is 22.9 Å². The Balaban J connectivity index is 1.18. The number of aromatic nitrogens is 6. The minimum atomic E-state index is 0.0632. The summed E-state index contributed by atoms with van der Waals surface area (Å²) in [7, 11) is 0. The van der Waals surface area contributed by atoms with Gasteiger partial charge < -0.3 is 19.4 Å². The SMILES string of the molecule is CC(C)c1ccc2nc(-c3ncsc3N3CCN(C(=O)Cn4cnc5cccnc54)C(C)C3)[nH]c2c1. The van der Waals surface area contributed by atoms with E-state index >= 15 is 0 Å². The molecular weight excluding hydrogens is 472 g/mol. The van der Waals surface area contributed by atoms with Crippen molar-refractivity contribution in [1.82, 2.24) is 34.4 Å². The van der Waals surface area contributed by atoms with Crippen LogP contribution >= 0.6 is 11.3 Å². The number of hydrogen-bond acceptors (Lipinski definition) is 7. The van der Waals surface area contributed by atoms with Crippen LogP contribution in [0.4, 0.5) is 5.00 Å². The Morgan fingerprint density at radius 1 is 1.17 bits per heavy atom. The number of rotatable bonds is 5. The van der Waals surface area contributed by atoms with E-state index in [-0.39, 0.29) is 18.5 Å². The van der Waals surface area contributed by atoms with Crippen molar-refractivity contribution in [3.05, 3.63) is 53.9 Å². The average Bonchev–Trinajstić information content (AvgIpc) is 3.61. The number of imidazole rings is 2. The van der Waals surface area contributed by atoms with E-state index < -0.39 is 0 Å². The summed E-state index contributed by atoms with van der Waals surface area (Å²) < 4.78 is 1.82. The van der Waals surface area contributed by atoms with Gasteiger partial charge in [-0.05, 0) is 42.7 Å². The number of aromatic amines is 1. The molecule has 1 aliphatic rings. The summed E-state index contributed by atoms with van der Waals surface area (Å²) in [6, 6.07) is 10.2. The fourth-order valence-corrected chi connectivity index (χ4v) is 5.72. The van der Waals surface area contributed by atoms with Gasteiger partial charge in [-0.3, -0.25) is 4.79 Å². The second-order valence-electron chi connectivity index (χ2n) is 9.62. The maximum atomic E-state index is 13.2. The molecule has 1 unspecified atom stereocenters. The number of thiazole rings is 1. The summed E-state index contributed by atoms with van der Waals surface area (Å²) in [6.45, 7) is 8.85. The number of piperazine rings is 1. The third kappa shape index (κ3) is 4.01. The Morgan fingerprint density at radius 2 is 2.06 bits per heavy atom. The van der Waals surface area contributed by atoms with Gasteiger partial charge in [0, 0.05) is 31.9 Å². The van der Waals surface area contributed by atoms with Crippen LogP contribution in [-0.4, -0.2) is 66.0 Å². The third-order valence-electron chi connectivity index (χ3n) is 6.86. The van der Waals surface area contributed by atoms with Crippen LogP contribution in [0.15, 0.2) is 48.4 Å². The van der Waals surface area contributed by atoms with E-state index in [0.717, 1.165) is 51.8 Å². The number of hydrogen-bond donors (Lipinski definition) is 1. The van der Waals surface area contributed by atoms with Gasteiger partial charge in [-0.25, -0.2) is 19.9 Å². The molecule has 1 N–H and O–H groups in total. The summed E-state index contributed by atoms with van der Waals surface area (Å²) >= 11 is 1.62. The Morgan fingerprint density at radius 3 is 2.89 bits per heavy atom. The summed E-state index contributed by atoms with van der Waals surface area (Å²) in [4.78, 5) is 39.2. The lowest BCUT2D eigenvalue weighted by molar-refractivity contribution is -0.134. The minimum absolute atomic E-state index is 0.0632. The zero-order valence-electron chi connectivity index (χ0n) is 20.5. The van der Waals surface area contributed by atoms with Gasteiger partial charge in [0.25, 0.3) is 0 Å². The molecule has 0 bridgehead atoms. The normalized spacial score (nSPS) is 16.5. The molecule has 0 spiro atoms. The summed E-state index contributed by atoms with van der Waals surface area (Å²) in [5, 5.41) is 1.09. The highest BCUT2D eigenvalue weighted by atomic mass is 32.1. The number of amides is 1. The second kappa shape index (κ2) is 9.02. The lowest BCUT2D eigenvalue weighted by atomic mass is 10.0. The van der Waals surface area contributed by atoms with Crippen LogP contribution in [0.3, 0.4) is 0 Å². The maximum Gasteiger partial charge on any atom is 0.242 e. The van der Waals surface area contributed by atoms with Crippen molar-refractivity contribution in [3.8, 4) is 11.5 Å². The number of nitrogens with zero attached hydrogens (tertiary/aromatic N) is 7. The molecular formula is C26H28N8OS. The summed E-state index contributed by atoms with van der Waals surface area (Å²) in [5.41, 5.74) is 7.52. The minimum Gasteiger partial charge on any atom is -0.358 e. The first-order valence-electron chi connectivity index (χ1n) is 12.2. The maximum absolute atomic E-state index is 13.2. The Hall–Kier alpha value is -3.79. The van der Waals surface area contributed by atoms with Crippen molar-refractivity contribution < 1.29 is 4.79 Å². The van der Waals surface area contributed by atoms with Crippen molar-refractivity contribution in [1.29, 1.82) is 0 Å². The van der Waals surface area contributed by atoms with Crippen LogP contribution in [-0.2, 0) is 11.3 Å². The standard InChI is InChI=1S/C26H28N8OS/c1-16(2)18-6-7-19-21(11-18)31-24(30-19)23-26(36-15-29-23)32-9-10-34(17(3)12-32)22(35)13-33-14-28-20-5-4-8-27-25(20)33/h4-8,11,14-17H,9-10,12-13H2,1-3H3,(H,30,31). The van der Waals surface area contributed by atoms with Crippen LogP contribution in [0, 0.1) is 0 Å². The van der Waals surface area contributed by atoms with Gasteiger partial charge >= 0.3 is 0 Å². The largest absolute Gasteiger partial charge is 0.358 e. The molecule has 184 valence electrons. The molecule has 5 aromatic rings. The van der Waals surface area contributed by atoms with Crippen molar-refractivity contribution in [2.45, 2.75) is 39.3 Å². The second-order valence-corrected chi connectivity index (χ2v) is 10.5. The fraction of sp³-hybridized carbons (Fsp3) is 0.346. The van der Waals surface area contributed by atoms with Crippen molar-refractivity contribution in [2.24, 2.45) is 0 Å². The monoisotopic (exact) mass is 500 g/mol. The number of pyridine rings is 1. The quantitative estimate of drug-likeness (QED) is 0.387. The number of nitrogens with one attached hydrogen (secondary N) is 1. The molecule has 1 amide bonds. The average molecular weight is 501 g/mol. The number of carbonyl (C=O) groups is 1. The van der Waals surface area contributed by atoms with Crippen LogP contribution in [0.25, 0.3) is 33.7 Å². The van der Waals surface area contributed by atoms with Crippen LogP contribution in [0.5, 0.6) is 0 Å². The van der Waals surface area contributed by atoms with Gasteiger partial charge in [-0.2, -0.15) is 0 Å². The topological polar surface area (TPSA) is 95.8 Å². The van der Waals surface area contributed by atoms with E-state index in [2.05, 4.69) is 63.8 Å². The molecule has 9 nitrogen and oxygen atoms in total. The zero-order valence-corrected chi connectivity index (χ0v) is 21.4. The summed E-state index contributed by atoms with van der Waals surface area (Å²) in [5.74, 6) is 1.32. The van der Waals surface area contributed by atoms with Crippen molar-refractivity contribution in [3.63, 3.8) is 0 Å². The number of anilines is 1. The van der Waals surface area contributed by atoms with E-state index in [1.54, 1.807) is 23.9 Å². The molecule has 1 aliphatic heterocycles. The molecule has 1 aromatic carbocycles. The predicted molar refractivity (Wildman–Crippen MR) is 142 cm³/mol. The lowest BCUT2D eigenvalue weighted by Crippen LogP contribution is -2.54.